The molecule has 0 heterocycles. The molecular formula is C26H23F2NO4. The number of carbonyl (C=O) groups excluding carboxylic acids is 1. The van der Waals surface area contributed by atoms with E-state index in [4.69, 9.17) is 9.47 Å². The largest absolute Gasteiger partial charge is 0.457 e. The van der Waals surface area contributed by atoms with E-state index in [0.717, 1.165) is 0 Å². The third-order valence-corrected chi connectivity index (χ3v) is 4.88. The van der Waals surface area contributed by atoms with Crippen LogP contribution >= 0.6 is 0 Å². The minimum atomic E-state index is -2.93. The lowest BCUT2D eigenvalue weighted by Crippen LogP contribution is -2.22. The fraction of sp³-hybridized carbons (Fsp3) is 0.231. The van der Waals surface area contributed by atoms with Crippen molar-refractivity contribution >= 4 is 5.97 Å². The van der Waals surface area contributed by atoms with Crippen molar-refractivity contribution < 1.29 is 27.8 Å². The van der Waals surface area contributed by atoms with Gasteiger partial charge in [0.15, 0.2) is 0 Å². The third-order valence-electron chi connectivity index (χ3n) is 4.88. The second-order valence-corrected chi connectivity index (χ2v) is 7.60. The number of nitriles is 1. The quantitative estimate of drug-likeness (QED) is 0.342. The summed E-state index contributed by atoms with van der Waals surface area (Å²) in [5.41, 5.74) is 1.05. The van der Waals surface area contributed by atoms with Gasteiger partial charge in [0, 0.05) is 5.56 Å². The van der Waals surface area contributed by atoms with Gasteiger partial charge < -0.3 is 14.2 Å². The van der Waals surface area contributed by atoms with Gasteiger partial charge in [0.05, 0.1) is 5.92 Å². The Morgan fingerprint density at radius 3 is 2.12 bits per heavy atom. The van der Waals surface area contributed by atoms with E-state index >= 15 is 0 Å². The molecule has 0 aliphatic carbocycles. The predicted octanol–water partition coefficient (Wildman–Crippen LogP) is 6.63. The van der Waals surface area contributed by atoms with Crippen LogP contribution in [0.1, 0.15) is 37.0 Å². The molecule has 0 saturated heterocycles. The molecule has 3 rings (SSSR count). The topological polar surface area (TPSA) is 68.6 Å². The lowest BCUT2D eigenvalue weighted by atomic mass is 9.88. The van der Waals surface area contributed by atoms with E-state index in [0.29, 0.717) is 22.6 Å². The van der Waals surface area contributed by atoms with Crippen LogP contribution in [0.3, 0.4) is 0 Å². The molecule has 5 nitrogen and oxygen atoms in total. The summed E-state index contributed by atoms with van der Waals surface area (Å²) >= 11 is 0. The number of para-hydroxylation sites is 1. The van der Waals surface area contributed by atoms with Gasteiger partial charge in [-0.3, -0.25) is 4.79 Å². The molecule has 170 valence electrons. The molecule has 33 heavy (non-hydrogen) atoms. The van der Waals surface area contributed by atoms with Crippen LogP contribution < -0.4 is 9.47 Å². The molecule has 7 heteroatoms. The summed E-state index contributed by atoms with van der Waals surface area (Å²) in [5.74, 6) is -0.302. The highest BCUT2D eigenvalue weighted by Crippen LogP contribution is 2.31. The first-order valence-corrected chi connectivity index (χ1v) is 10.3. The number of hydrogen-bond acceptors (Lipinski definition) is 5. The number of alkyl halides is 2. The van der Waals surface area contributed by atoms with E-state index in [2.05, 4.69) is 4.74 Å². The molecular weight excluding hydrogens is 428 g/mol. The fourth-order valence-corrected chi connectivity index (χ4v) is 3.37. The Morgan fingerprint density at radius 1 is 0.848 bits per heavy atom. The van der Waals surface area contributed by atoms with Crippen molar-refractivity contribution in [3.8, 4) is 23.3 Å². The molecule has 3 aromatic carbocycles. The standard InChI is InChI=1S/C26H23F2NO4/c1-17(2)24(18-11-13-21(14-12-18)32-26(27)28)25(30)33-23(16-29)19-7-6-10-22(15-19)31-20-8-4-3-5-9-20/h3-15,17,23-24,26H,1-2H3/t23-,24+/m1/s1. The first-order valence-electron chi connectivity index (χ1n) is 10.3. The Bertz CT molecular complexity index is 1100. The van der Waals surface area contributed by atoms with Gasteiger partial charge in [-0.2, -0.15) is 14.0 Å². The smallest absolute Gasteiger partial charge is 0.387 e. The third kappa shape index (κ3) is 6.53. The Morgan fingerprint density at radius 2 is 1.52 bits per heavy atom. The highest BCUT2D eigenvalue weighted by atomic mass is 19.3. The van der Waals surface area contributed by atoms with Crippen molar-refractivity contribution in [1.82, 2.24) is 0 Å². The van der Waals surface area contributed by atoms with Crippen LogP contribution in [0.15, 0.2) is 78.9 Å². The molecule has 0 aliphatic heterocycles. The van der Waals surface area contributed by atoms with Gasteiger partial charge in [0.1, 0.15) is 23.3 Å². The summed E-state index contributed by atoms with van der Waals surface area (Å²) in [4.78, 5) is 13.0. The van der Waals surface area contributed by atoms with Gasteiger partial charge in [-0.1, -0.05) is 56.3 Å². The molecule has 0 unspecified atom stereocenters. The molecule has 0 fully saturated rings. The molecule has 0 aliphatic rings. The number of carbonyl (C=O) groups is 1. The van der Waals surface area contributed by atoms with Crippen LogP contribution in [0.25, 0.3) is 0 Å². The average Bonchev–Trinajstić information content (AvgIpc) is 2.79. The van der Waals surface area contributed by atoms with E-state index in [1.807, 2.05) is 38.1 Å². The van der Waals surface area contributed by atoms with E-state index in [-0.39, 0.29) is 11.7 Å². The molecule has 0 aromatic heterocycles. The minimum Gasteiger partial charge on any atom is -0.457 e. The lowest BCUT2D eigenvalue weighted by molar-refractivity contribution is -0.150. The second-order valence-electron chi connectivity index (χ2n) is 7.60. The minimum absolute atomic E-state index is 0.00486. The summed E-state index contributed by atoms with van der Waals surface area (Å²) in [7, 11) is 0. The molecule has 0 amide bonds. The average molecular weight is 451 g/mol. The van der Waals surface area contributed by atoms with Crippen LogP contribution in [0.4, 0.5) is 8.78 Å². The zero-order chi connectivity index (χ0) is 23.8. The number of rotatable bonds is 9. The van der Waals surface area contributed by atoms with E-state index in [1.54, 1.807) is 48.5 Å². The van der Waals surface area contributed by atoms with Gasteiger partial charge in [0.2, 0.25) is 6.10 Å². The number of nitrogens with zero attached hydrogens (tertiary/aromatic N) is 1. The van der Waals surface area contributed by atoms with Crippen LogP contribution in [-0.2, 0) is 9.53 Å². The summed E-state index contributed by atoms with van der Waals surface area (Å²) in [5, 5.41) is 9.66. The van der Waals surface area contributed by atoms with E-state index < -0.39 is 24.6 Å². The predicted molar refractivity (Wildman–Crippen MR) is 118 cm³/mol. The van der Waals surface area contributed by atoms with E-state index in [9.17, 15) is 18.8 Å². The van der Waals surface area contributed by atoms with Crippen LogP contribution in [-0.4, -0.2) is 12.6 Å². The van der Waals surface area contributed by atoms with Gasteiger partial charge in [0.25, 0.3) is 0 Å². The van der Waals surface area contributed by atoms with Gasteiger partial charge >= 0.3 is 12.6 Å². The van der Waals surface area contributed by atoms with Crippen LogP contribution in [0, 0.1) is 17.2 Å². The molecule has 0 N–H and O–H groups in total. The summed E-state index contributed by atoms with van der Waals surface area (Å²) in [6.07, 6.45) is -1.14. The van der Waals surface area contributed by atoms with Crippen LogP contribution in [0.2, 0.25) is 0 Å². The molecule has 0 spiro atoms. The van der Waals surface area contributed by atoms with Crippen molar-refractivity contribution in [3.63, 3.8) is 0 Å². The first kappa shape index (κ1) is 23.7. The Labute approximate surface area is 191 Å². The maximum atomic E-state index is 13.0. The number of ether oxygens (including phenoxy) is 3. The summed E-state index contributed by atoms with van der Waals surface area (Å²) in [6, 6.07) is 23.8. The SMILES string of the molecule is CC(C)[C@H](C(=O)O[C@H](C#N)c1cccc(Oc2ccccc2)c1)c1ccc(OC(F)F)cc1. The normalized spacial score (nSPS) is 12.6. The monoisotopic (exact) mass is 451 g/mol. The Hall–Kier alpha value is -3.92. The van der Waals surface area contributed by atoms with Crippen molar-refractivity contribution in [1.29, 1.82) is 5.26 Å². The summed E-state index contributed by atoms with van der Waals surface area (Å²) < 4.78 is 40.5. The van der Waals surface area contributed by atoms with Crippen molar-refractivity contribution in [2.24, 2.45) is 5.92 Å². The van der Waals surface area contributed by atoms with Crippen molar-refractivity contribution in [2.45, 2.75) is 32.5 Å². The Kier molecular flexibility index (Phi) is 7.98. The fourth-order valence-electron chi connectivity index (χ4n) is 3.37. The van der Waals surface area contributed by atoms with Gasteiger partial charge in [-0.15, -0.1) is 0 Å². The Balaban J connectivity index is 1.76. The lowest BCUT2D eigenvalue weighted by Gasteiger charge is -2.22. The number of benzene rings is 3. The maximum Gasteiger partial charge on any atom is 0.387 e. The highest BCUT2D eigenvalue weighted by molar-refractivity contribution is 5.79. The molecule has 0 saturated carbocycles. The molecule has 0 radical (unpaired) electrons. The van der Waals surface area contributed by atoms with Crippen molar-refractivity contribution in [2.75, 3.05) is 0 Å². The molecule has 0 bridgehead atoms. The maximum absolute atomic E-state index is 13.0. The van der Waals surface area contributed by atoms with E-state index in [1.165, 1.54) is 12.1 Å². The second kappa shape index (κ2) is 11.1. The van der Waals surface area contributed by atoms with Crippen molar-refractivity contribution in [3.05, 3.63) is 90.0 Å². The van der Waals surface area contributed by atoms with Crippen LogP contribution in [0.5, 0.6) is 17.2 Å². The zero-order valence-corrected chi connectivity index (χ0v) is 18.2. The zero-order valence-electron chi connectivity index (χ0n) is 18.2. The molecule has 3 aromatic rings. The van der Waals surface area contributed by atoms with Gasteiger partial charge in [-0.05, 0) is 47.9 Å². The number of esters is 1. The number of halogens is 2. The first-order chi connectivity index (χ1) is 15.9. The number of hydrogen-bond donors (Lipinski definition) is 0. The summed E-state index contributed by atoms with van der Waals surface area (Å²) in [6.45, 7) is 0.746. The highest BCUT2D eigenvalue weighted by Gasteiger charge is 2.29. The van der Waals surface area contributed by atoms with Gasteiger partial charge in [-0.25, -0.2) is 0 Å². The molecule has 2 atom stereocenters.